The Hall–Kier alpha value is -2.53. The number of carbonyl (C=O) groups excluding carboxylic acids is 2. The number of nitrogens with one attached hydrogen (secondary N) is 1. The zero-order chi connectivity index (χ0) is 18.0. The van der Waals surface area contributed by atoms with Crippen molar-refractivity contribution in [2.24, 2.45) is 0 Å². The fraction of sp³-hybridized carbons (Fsp3) is 0.263. The molecule has 0 aliphatic carbocycles. The van der Waals surface area contributed by atoms with Crippen LogP contribution in [0.1, 0.15) is 19.4 Å². The number of nitrogens with zero attached hydrogens (tertiary/aromatic N) is 1. The predicted octanol–water partition coefficient (Wildman–Crippen LogP) is 3.66. The number of para-hydroxylation sites is 1. The molecule has 1 unspecified atom stereocenters. The molecule has 1 aliphatic heterocycles. The number of hydrogen-bond donors (Lipinski definition) is 1. The van der Waals surface area contributed by atoms with Gasteiger partial charge in [-0.25, -0.2) is 0 Å². The highest BCUT2D eigenvalue weighted by atomic mass is 35.5. The first kappa shape index (κ1) is 17.3. The maximum Gasteiger partial charge on any atom is 0.265 e. The van der Waals surface area contributed by atoms with E-state index in [1.165, 1.54) is 0 Å². The van der Waals surface area contributed by atoms with Crippen LogP contribution >= 0.6 is 11.6 Å². The van der Waals surface area contributed by atoms with E-state index < -0.39 is 6.10 Å². The number of anilines is 2. The van der Waals surface area contributed by atoms with Crippen molar-refractivity contribution in [3.05, 3.63) is 53.1 Å². The van der Waals surface area contributed by atoms with Crippen molar-refractivity contribution in [3.8, 4) is 5.75 Å². The van der Waals surface area contributed by atoms with Gasteiger partial charge in [0.25, 0.3) is 5.91 Å². The van der Waals surface area contributed by atoms with E-state index in [1.54, 1.807) is 49.1 Å². The molecule has 5 nitrogen and oxygen atoms in total. The summed E-state index contributed by atoms with van der Waals surface area (Å²) in [5, 5.41) is 3.31. The lowest BCUT2D eigenvalue weighted by molar-refractivity contribution is -0.122. The van der Waals surface area contributed by atoms with Crippen molar-refractivity contribution in [2.45, 2.75) is 26.4 Å². The number of benzene rings is 2. The van der Waals surface area contributed by atoms with Gasteiger partial charge in [0.1, 0.15) is 5.75 Å². The summed E-state index contributed by atoms with van der Waals surface area (Å²) in [6.07, 6.45) is 0.0893. The SMILES string of the molecule is CC(=O)N1CCc2cc(NC(=O)C(C)Oc3ccccc3Cl)ccc21. The van der Waals surface area contributed by atoms with E-state index in [4.69, 9.17) is 16.3 Å². The summed E-state index contributed by atoms with van der Waals surface area (Å²) in [6.45, 7) is 3.90. The molecule has 1 atom stereocenters. The molecule has 0 aromatic heterocycles. The van der Waals surface area contributed by atoms with Crippen LogP contribution in [0.5, 0.6) is 5.75 Å². The summed E-state index contributed by atoms with van der Waals surface area (Å²) in [5.74, 6) is 0.233. The Morgan fingerprint density at radius 2 is 2.00 bits per heavy atom. The Kier molecular flexibility index (Phi) is 4.95. The smallest absolute Gasteiger partial charge is 0.265 e. The highest BCUT2D eigenvalue weighted by Crippen LogP contribution is 2.30. The molecule has 2 aromatic rings. The molecule has 2 amide bonds. The molecule has 0 spiro atoms. The van der Waals surface area contributed by atoms with Crippen molar-refractivity contribution in [2.75, 3.05) is 16.8 Å². The second-order valence-corrected chi connectivity index (χ2v) is 6.35. The quantitative estimate of drug-likeness (QED) is 0.907. The lowest BCUT2D eigenvalue weighted by atomic mass is 10.1. The Morgan fingerprint density at radius 1 is 1.24 bits per heavy atom. The summed E-state index contributed by atoms with van der Waals surface area (Å²) in [7, 11) is 0. The summed E-state index contributed by atoms with van der Waals surface area (Å²) in [4.78, 5) is 25.7. The number of ether oxygens (including phenoxy) is 1. The van der Waals surface area contributed by atoms with Crippen LogP contribution in [-0.4, -0.2) is 24.5 Å². The molecule has 6 heteroatoms. The van der Waals surface area contributed by atoms with Crippen LogP contribution in [-0.2, 0) is 16.0 Å². The highest BCUT2D eigenvalue weighted by molar-refractivity contribution is 6.32. The van der Waals surface area contributed by atoms with Crippen LogP contribution in [0.15, 0.2) is 42.5 Å². The molecule has 0 bridgehead atoms. The minimum atomic E-state index is -0.693. The number of carbonyl (C=O) groups is 2. The standard InChI is InChI=1S/C19H19ClN2O3/c1-12(25-18-6-4-3-5-16(18)20)19(24)21-15-7-8-17-14(11-15)9-10-22(17)13(2)23/h3-8,11-12H,9-10H2,1-2H3,(H,21,24). The summed E-state index contributed by atoms with van der Waals surface area (Å²) < 4.78 is 5.62. The van der Waals surface area contributed by atoms with Crippen molar-refractivity contribution in [1.82, 2.24) is 0 Å². The number of amides is 2. The monoisotopic (exact) mass is 358 g/mol. The fourth-order valence-corrected chi connectivity index (χ4v) is 3.02. The van der Waals surface area contributed by atoms with Gasteiger partial charge in [-0.1, -0.05) is 23.7 Å². The minimum Gasteiger partial charge on any atom is -0.479 e. The molecule has 25 heavy (non-hydrogen) atoms. The summed E-state index contributed by atoms with van der Waals surface area (Å²) >= 11 is 6.05. The number of hydrogen-bond acceptors (Lipinski definition) is 3. The Bertz CT molecular complexity index is 822. The molecule has 1 heterocycles. The van der Waals surface area contributed by atoms with Crippen LogP contribution in [0.4, 0.5) is 11.4 Å². The highest BCUT2D eigenvalue weighted by Gasteiger charge is 2.23. The molecule has 0 saturated heterocycles. The minimum absolute atomic E-state index is 0.0253. The van der Waals surface area contributed by atoms with Gasteiger partial charge in [-0.15, -0.1) is 0 Å². The van der Waals surface area contributed by atoms with Crippen LogP contribution in [0.2, 0.25) is 5.02 Å². The average molecular weight is 359 g/mol. The third-order valence-electron chi connectivity index (χ3n) is 4.13. The normalized spacial score (nSPS) is 14.0. The van der Waals surface area contributed by atoms with Gasteiger partial charge in [0.2, 0.25) is 5.91 Å². The summed E-state index contributed by atoms with van der Waals surface area (Å²) in [5.41, 5.74) is 2.64. The van der Waals surface area contributed by atoms with Crippen LogP contribution < -0.4 is 15.0 Å². The topological polar surface area (TPSA) is 58.6 Å². The largest absolute Gasteiger partial charge is 0.479 e. The first-order chi connectivity index (χ1) is 12.0. The average Bonchev–Trinajstić information content (AvgIpc) is 3.00. The second kappa shape index (κ2) is 7.15. The Balaban J connectivity index is 1.67. The lowest BCUT2D eigenvalue weighted by Gasteiger charge is -2.17. The molecular weight excluding hydrogens is 340 g/mol. The van der Waals surface area contributed by atoms with Crippen molar-refractivity contribution in [1.29, 1.82) is 0 Å². The number of halogens is 1. The second-order valence-electron chi connectivity index (χ2n) is 5.94. The molecule has 3 rings (SSSR count). The van der Waals surface area contributed by atoms with Crippen molar-refractivity contribution in [3.63, 3.8) is 0 Å². The van der Waals surface area contributed by atoms with Gasteiger partial charge in [-0.05, 0) is 49.2 Å². The third kappa shape index (κ3) is 3.77. The molecule has 2 aromatic carbocycles. The van der Waals surface area contributed by atoms with E-state index >= 15 is 0 Å². The van der Waals surface area contributed by atoms with Gasteiger partial charge >= 0.3 is 0 Å². The van der Waals surface area contributed by atoms with E-state index in [0.717, 1.165) is 17.7 Å². The van der Waals surface area contributed by atoms with Crippen molar-refractivity contribution >= 4 is 34.8 Å². The molecule has 130 valence electrons. The van der Waals surface area contributed by atoms with Gasteiger partial charge in [-0.2, -0.15) is 0 Å². The predicted molar refractivity (Wildman–Crippen MR) is 98.3 cm³/mol. The first-order valence-electron chi connectivity index (χ1n) is 8.09. The fourth-order valence-electron chi connectivity index (χ4n) is 2.83. The third-order valence-corrected chi connectivity index (χ3v) is 4.44. The van der Waals surface area contributed by atoms with Gasteiger partial charge in [0, 0.05) is 24.8 Å². The van der Waals surface area contributed by atoms with Crippen LogP contribution in [0, 0.1) is 0 Å². The zero-order valence-electron chi connectivity index (χ0n) is 14.1. The Labute approximate surface area is 151 Å². The first-order valence-corrected chi connectivity index (χ1v) is 8.46. The number of rotatable bonds is 4. The molecular formula is C19H19ClN2O3. The van der Waals surface area contributed by atoms with E-state index in [1.807, 2.05) is 12.1 Å². The van der Waals surface area contributed by atoms with Crippen LogP contribution in [0.3, 0.4) is 0 Å². The van der Waals surface area contributed by atoms with Gasteiger partial charge in [0.05, 0.1) is 5.02 Å². The maximum atomic E-state index is 12.4. The van der Waals surface area contributed by atoms with Gasteiger partial charge in [-0.3, -0.25) is 9.59 Å². The lowest BCUT2D eigenvalue weighted by Crippen LogP contribution is -2.30. The molecule has 0 fully saturated rings. The zero-order valence-corrected chi connectivity index (χ0v) is 14.8. The molecule has 1 aliphatic rings. The molecule has 0 saturated carbocycles. The van der Waals surface area contributed by atoms with Gasteiger partial charge in [0.15, 0.2) is 6.10 Å². The Morgan fingerprint density at radius 3 is 2.72 bits per heavy atom. The van der Waals surface area contributed by atoms with E-state index in [2.05, 4.69) is 5.32 Å². The van der Waals surface area contributed by atoms with E-state index in [-0.39, 0.29) is 11.8 Å². The molecule has 1 N–H and O–H groups in total. The number of fused-ring (bicyclic) bond motifs is 1. The van der Waals surface area contributed by atoms with Crippen molar-refractivity contribution < 1.29 is 14.3 Å². The molecule has 0 radical (unpaired) electrons. The van der Waals surface area contributed by atoms with E-state index in [0.29, 0.717) is 23.0 Å². The van der Waals surface area contributed by atoms with Gasteiger partial charge < -0.3 is 15.0 Å². The summed E-state index contributed by atoms with van der Waals surface area (Å²) in [6, 6.07) is 12.6. The maximum absolute atomic E-state index is 12.4. The van der Waals surface area contributed by atoms with E-state index in [9.17, 15) is 9.59 Å². The van der Waals surface area contributed by atoms with Crippen LogP contribution in [0.25, 0.3) is 0 Å².